The number of hydrogen-bond donors (Lipinski definition) is 0. The first-order chi connectivity index (χ1) is 4.77. The highest BCUT2D eigenvalue weighted by molar-refractivity contribution is 9.14. The third-order valence-corrected chi connectivity index (χ3v) is 5.20. The van der Waals surface area contributed by atoms with Gasteiger partial charge in [0, 0.05) is 9.31 Å². The van der Waals surface area contributed by atoms with Crippen molar-refractivity contribution in [1.29, 1.82) is 0 Å². The first-order valence-corrected chi connectivity index (χ1v) is 5.49. The van der Waals surface area contributed by atoms with Crippen LogP contribution in [0.1, 0.15) is 19.3 Å². The molecule has 0 nitrogen and oxygen atoms in total. The molecule has 1 fully saturated rings. The molecule has 3 unspecified atom stereocenters. The lowest BCUT2D eigenvalue weighted by atomic mass is 9.96. The Balaban J connectivity index is 2.25. The van der Waals surface area contributed by atoms with E-state index in [9.17, 15) is 0 Å². The van der Waals surface area contributed by atoms with E-state index in [0.29, 0.717) is 4.83 Å². The SMILES string of the molecule is BrC1=CC2CCC(C2)C1Br. The van der Waals surface area contributed by atoms with Gasteiger partial charge in [0.05, 0.1) is 0 Å². The van der Waals surface area contributed by atoms with Crippen LogP contribution in [0.5, 0.6) is 0 Å². The highest BCUT2D eigenvalue weighted by atomic mass is 79.9. The number of allylic oxidation sites excluding steroid dienone is 2. The van der Waals surface area contributed by atoms with Crippen LogP contribution in [-0.2, 0) is 0 Å². The third-order valence-electron chi connectivity index (χ3n) is 2.59. The van der Waals surface area contributed by atoms with Crippen molar-refractivity contribution < 1.29 is 0 Å². The van der Waals surface area contributed by atoms with Gasteiger partial charge in [0.25, 0.3) is 0 Å². The maximum atomic E-state index is 3.69. The fourth-order valence-electron chi connectivity index (χ4n) is 2.01. The molecule has 2 heteroatoms. The average Bonchev–Trinajstić information content (AvgIpc) is 2.29. The highest BCUT2D eigenvalue weighted by Crippen LogP contribution is 2.45. The van der Waals surface area contributed by atoms with Crippen LogP contribution in [0.15, 0.2) is 10.6 Å². The van der Waals surface area contributed by atoms with Gasteiger partial charge in [-0.2, -0.15) is 0 Å². The number of hydrogen-bond acceptors (Lipinski definition) is 0. The lowest BCUT2D eigenvalue weighted by molar-refractivity contribution is 0.532. The standard InChI is InChI=1S/C8H10Br2/c9-7-4-5-1-2-6(3-5)8(7)10/h4-6,8H,1-3H2. The van der Waals surface area contributed by atoms with Crippen LogP contribution < -0.4 is 0 Å². The van der Waals surface area contributed by atoms with Crippen LogP contribution in [0.3, 0.4) is 0 Å². The monoisotopic (exact) mass is 264 g/mol. The van der Waals surface area contributed by atoms with Crippen molar-refractivity contribution in [1.82, 2.24) is 0 Å². The Labute approximate surface area is 78.3 Å². The van der Waals surface area contributed by atoms with E-state index in [1.165, 1.54) is 23.7 Å². The molecular weight excluding hydrogens is 256 g/mol. The molecule has 0 N–H and O–H groups in total. The summed E-state index contributed by atoms with van der Waals surface area (Å²) in [5.41, 5.74) is 0. The van der Waals surface area contributed by atoms with E-state index in [2.05, 4.69) is 37.9 Å². The highest BCUT2D eigenvalue weighted by Gasteiger charge is 2.34. The Morgan fingerprint density at radius 2 is 2.20 bits per heavy atom. The van der Waals surface area contributed by atoms with Crippen LogP contribution in [0.2, 0.25) is 0 Å². The van der Waals surface area contributed by atoms with Gasteiger partial charge in [-0.15, -0.1) is 0 Å². The largest absolute Gasteiger partial charge is 0.0830 e. The molecule has 0 aliphatic heterocycles. The maximum Gasteiger partial charge on any atom is 0.0486 e. The topological polar surface area (TPSA) is 0 Å². The molecule has 10 heavy (non-hydrogen) atoms. The summed E-state index contributed by atoms with van der Waals surface area (Å²) in [6.07, 6.45) is 6.60. The molecular formula is C8H10Br2. The van der Waals surface area contributed by atoms with Crippen molar-refractivity contribution in [2.45, 2.75) is 24.1 Å². The third kappa shape index (κ3) is 1.10. The molecule has 2 bridgehead atoms. The molecule has 56 valence electrons. The second kappa shape index (κ2) is 2.63. The fraction of sp³-hybridized carbons (Fsp3) is 0.750. The predicted octanol–water partition coefficient (Wildman–Crippen LogP) is 3.46. The van der Waals surface area contributed by atoms with Crippen LogP contribution in [0.25, 0.3) is 0 Å². The van der Waals surface area contributed by atoms with E-state index in [-0.39, 0.29) is 0 Å². The van der Waals surface area contributed by atoms with Crippen LogP contribution in [-0.4, -0.2) is 4.83 Å². The molecule has 0 heterocycles. The van der Waals surface area contributed by atoms with Crippen molar-refractivity contribution in [3.05, 3.63) is 10.6 Å². The molecule has 0 amide bonds. The van der Waals surface area contributed by atoms with E-state index in [1.54, 1.807) is 0 Å². The molecule has 3 atom stereocenters. The molecule has 0 radical (unpaired) electrons. The molecule has 2 aliphatic carbocycles. The van der Waals surface area contributed by atoms with E-state index >= 15 is 0 Å². The zero-order valence-corrected chi connectivity index (χ0v) is 8.86. The van der Waals surface area contributed by atoms with E-state index in [1.807, 2.05) is 0 Å². The fourth-order valence-corrected chi connectivity index (χ4v) is 3.39. The Hall–Kier alpha value is 0.700. The molecule has 2 aliphatic rings. The number of fused-ring (bicyclic) bond motifs is 2. The van der Waals surface area contributed by atoms with Gasteiger partial charge >= 0.3 is 0 Å². The van der Waals surface area contributed by atoms with Crippen molar-refractivity contribution in [3.63, 3.8) is 0 Å². The summed E-state index contributed by atoms with van der Waals surface area (Å²) in [6.45, 7) is 0. The summed E-state index contributed by atoms with van der Waals surface area (Å²) < 4.78 is 1.38. The molecule has 0 spiro atoms. The summed E-state index contributed by atoms with van der Waals surface area (Å²) in [6, 6.07) is 0. The zero-order chi connectivity index (χ0) is 7.14. The van der Waals surface area contributed by atoms with Gasteiger partial charge in [-0.1, -0.05) is 37.9 Å². The maximum absolute atomic E-state index is 3.69. The molecule has 0 aromatic carbocycles. The van der Waals surface area contributed by atoms with E-state index in [4.69, 9.17) is 0 Å². The first kappa shape index (κ1) is 7.35. The number of alkyl halides is 1. The second-order valence-corrected chi connectivity index (χ2v) is 5.19. The van der Waals surface area contributed by atoms with Gasteiger partial charge in [0.1, 0.15) is 0 Å². The zero-order valence-electron chi connectivity index (χ0n) is 5.69. The van der Waals surface area contributed by atoms with Gasteiger partial charge in [0.15, 0.2) is 0 Å². The Morgan fingerprint density at radius 3 is 3.00 bits per heavy atom. The van der Waals surface area contributed by atoms with E-state index in [0.717, 1.165) is 11.8 Å². The van der Waals surface area contributed by atoms with Crippen molar-refractivity contribution in [2.24, 2.45) is 11.8 Å². The van der Waals surface area contributed by atoms with Gasteiger partial charge in [-0.05, 0) is 31.1 Å². The van der Waals surface area contributed by atoms with Crippen molar-refractivity contribution in [2.75, 3.05) is 0 Å². The summed E-state index contributed by atoms with van der Waals surface area (Å²) >= 11 is 7.28. The lowest BCUT2D eigenvalue weighted by Gasteiger charge is -2.21. The second-order valence-electron chi connectivity index (χ2n) is 3.29. The van der Waals surface area contributed by atoms with Crippen LogP contribution in [0.4, 0.5) is 0 Å². The minimum Gasteiger partial charge on any atom is -0.0830 e. The quantitative estimate of drug-likeness (QED) is 0.589. The Morgan fingerprint density at radius 1 is 1.40 bits per heavy atom. The minimum atomic E-state index is 0.617. The molecule has 1 saturated carbocycles. The molecule has 0 saturated heterocycles. The van der Waals surface area contributed by atoms with Crippen LogP contribution in [0, 0.1) is 11.8 Å². The van der Waals surface area contributed by atoms with Gasteiger partial charge in [-0.3, -0.25) is 0 Å². The van der Waals surface area contributed by atoms with Gasteiger partial charge in [-0.25, -0.2) is 0 Å². The normalized spacial score (nSPS) is 45.4. The van der Waals surface area contributed by atoms with Crippen LogP contribution >= 0.6 is 31.9 Å². The van der Waals surface area contributed by atoms with Gasteiger partial charge < -0.3 is 0 Å². The first-order valence-electron chi connectivity index (χ1n) is 3.78. The van der Waals surface area contributed by atoms with Crippen molar-refractivity contribution in [3.8, 4) is 0 Å². The minimum absolute atomic E-state index is 0.617. The molecule has 0 aromatic heterocycles. The van der Waals surface area contributed by atoms with Crippen molar-refractivity contribution >= 4 is 31.9 Å². The summed E-state index contributed by atoms with van der Waals surface area (Å²) in [5.74, 6) is 1.79. The van der Waals surface area contributed by atoms with E-state index < -0.39 is 0 Å². The molecule has 0 aromatic rings. The summed E-state index contributed by atoms with van der Waals surface area (Å²) in [5, 5.41) is 0. The lowest BCUT2D eigenvalue weighted by Crippen LogP contribution is -2.15. The smallest absolute Gasteiger partial charge is 0.0486 e. The summed E-state index contributed by atoms with van der Waals surface area (Å²) in [4.78, 5) is 0.617. The van der Waals surface area contributed by atoms with Gasteiger partial charge in [0.2, 0.25) is 0 Å². The average molecular weight is 266 g/mol. The molecule has 2 rings (SSSR count). The summed E-state index contributed by atoms with van der Waals surface area (Å²) in [7, 11) is 0. The number of rotatable bonds is 0. The Kier molecular flexibility index (Phi) is 1.94. The number of halogens is 2. The Bertz CT molecular complexity index is 174. The predicted molar refractivity (Wildman–Crippen MR) is 50.6 cm³/mol.